The number of anilines is 1. The molecule has 0 radical (unpaired) electrons. The van der Waals surface area contributed by atoms with Crippen LogP contribution in [0.5, 0.6) is 0 Å². The Balaban J connectivity index is 2.02. The molecule has 1 heterocycles. The molecule has 2 aromatic rings. The Kier molecular flexibility index (Phi) is 3.57. The minimum atomic E-state index is 0.426. The number of hydrazone groups is 1. The van der Waals surface area contributed by atoms with E-state index in [1.165, 1.54) is 10.2 Å². The van der Waals surface area contributed by atoms with E-state index in [9.17, 15) is 0 Å². The molecule has 0 fully saturated rings. The van der Waals surface area contributed by atoms with E-state index >= 15 is 0 Å². The van der Waals surface area contributed by atoms with Crippen molar-refractivity contribution >= 4 is 12.2 Å². The zero-order valence-electron chi connectivity index (χ0n) is 10.5. The number of rotatable bonds is 4. The van der Waals surface area contributed by atoms with Crippen LogP contribution in [0.2, 0.25) is 0 Å². The van der Waals surface area contributed by atoms with Gasteiger partial charge < -0.3 is 5.84 Å². The molecule has 1 aromatic carbocycles. The summed E-state index contributed by atoms with van der Waals surface area (Å²) < 4.78 is 1.40. The maximum absolute atomic E-state index is 5.77. The van der Waals surface area contributed by atoms with Crippen LogP contribution < -0.4 is 11.3 Å². The van der Waals surface area contributed by atoms with Crippen LogP contribution in [0.1, 0.15) is 23.9 Å². The third-order valence-corrected chi connectivity index (χ3v) is 2.54. The SMILES string of the molecule is CCc1nnc(NN=Cc2ccc(C)cc2)n1N. The number of aromatic nitrogens is 3. The fraction of sp³-hybridized carbons (Fsp3) is 0.250. The number of hydrogen-bond donors (Lipinski definition) is 2. The number of nitrogens with two attached hydrogens (primary N) is 1. The van der Waals surface area contributed by atoms with Crippen molar-refractivity contribution < 1.29 is 0 Å². The van der Waals surface area contributed by atoms with Crippen molar-refractivity contribution in [3.05, 3.63) is 41.2 Å². The van der Waals surface area contributed by atoms with E-state index in [1.54, 1.807) is 6.21 Å². The number of nitrogen functional groups attached to an aromatic ring is 1. The topological polar surface area (TPSA) is 81.1 Å². The van der Waals surface area contributed by atoms with Crippen LogP contribution in [0, 0.1) is 6.92 Å². The van der Waals surface area contributed by atoms with Gasteiger partial charge in [0.05, 0.1) is 6.21 Å². The largest absolute Gasteiger partial charge is 0.335 e. The molecule has 1 aromatic heterocycles. The molecule has 0 aliphatic heterocycles. The summed E-state index contributed by atoms with van der Waals surface area (Å²) in [5.41, 5.74) is 4.99. The van der Waals surface area contributed by atoms with E-state index in [2.05, 4.69) is 20.7 Å². The number of nitrogens with one attached hydrogen (secondary N) is 1. The Labute approximate surface area is 106 Å². The quantitative estimate of drug-likeness (QED) is 0.482. The van der Waals surface area contributed by atoms with E-state index in [-0.39, 0.29) is 0 Å². The summed E-state index contributed by atoms with van der Waals surface area (Å²) in [6, 6.07) is 8.04. The Hall–Kier alpha value is -2.37. The summed E-state index contributed by atoms with van der Waals surface area (Å²) in [5, 5.41) is 11.9. The van der Waals surface area contributed by atoms with E-state index in [4.69, 9.17) is 5.84 Å². The van der Waals surface area contributed by atoms with Gasteiger partial charge in [-0.05, 0) is 12.5 Å². The van der Waals surface area contributed by atoms with Gasteiger partial charge in [-0.25, -0.2) is 10.1 Å². The molecule has 3 N–H and O–H groups in total. The second-order valence-corrected chi connectivity index (χ2v) is 3.94. The normalized spacial score (nSPS) is 11.0. The fourth-order valence-corrected chi connectivity index (χ4v) is 1.46. The minimum Gasteiger partial charge on any atom is -0.335 e. The predicted molar refractivity (Wildman–Crippen MR) is 71.9 cm³/mol. The molecule has 94 valence electrons. The predicted octanol–water partition coefficient (Wildman–Crippen LogP) is 1.31. The van der Waals surface area contributed by atoms with Crippen molar-refractivity contribution in [2.45, 2.75) is 20.3 Å². The molecule has 0 saturated heterocycles. The molecule has 0 unspecified atom stereocenters. The summed E-state index contributed by atoms with van der Waals surface area (Å²) >= 11 is 0. The third kappa shape index (κ3) is 2.65. The first-order valence-corrected chi connectivity index (χ1v) is 5.76. The number of aryl methyl sites for hydroxylation is 2. The van der Waals surface area contributed by atoms with E-state index < -0.39 is 0 Å². The highest BCUT2D eigenvalue weighted by Crippen LogP contribution is 2.04. The molecule has 0 atom stereocenters. The van der Waals surface area contributed by atoms with Crippen molar-refractivity contribution in [2.24, 2.45) is 5.10 Å². The molecule has 0 aliphatic rings. The van der Waals surface area contributed by atoms with Gasteiger partial charge in [-0.15, -0.1) is 10.2 Å². The molecule has 6 nitrogen and oxygen atoms in total. The number of hydrogen-bond acceptors (Lipinski definition) is 5. The minimum absolute atomic E-state index is 0.426. The van der Waals surface area contributed by atoms with Crippen LogP contribution in [0.15, 0.2) is 29.4 Å². The molecule has 18 heavy (non-hydrogen) atoms. The van der Waals surface area contributed by atoms with Gasteiger partial charge in [0, 0.05) is 6.42 Å². The standard InChI is InChI=1S/C12H16N6/c1-3-11-15-17-12(18(11)13)16-14-8-10-6-4-9(2)5-7-10/h4-8H,3,13H2,1-2H3,(H,16,17). The van der Waals surface area contributed by atoms with Crippen molar-refractivity contribution in [3.63, 3.8) is 0 Å². The van der Waals surface area contributed by atoms with E-state index in [0.717, 1.165) is 12.0 Å². The maximum atomic E-state index is 5.77. The molecule has 0 saturated carbocycles. The first kappa shape index (κ1) is 12.1. The molecule has 6 heteroatoms. The van der Waals surface area contributed by atoms with Gasteiger partial charge in [0.25, 0.3) is 5.95 Å². The van der Waals surface area contributed by atoms with Crippen molar-refractivity contribution in [1.82, 2.24) is 14.9 Å². The average Bonchev–Trinajstić information content (AvgIpc) is 2.73. The second kappa shape index (κ2) is 5.31. The van der Waals surface area contributed by atoms with Gasteiger partial charge in [-0.3, -0.25) is 0 Å². The van der Waals surface area contributed by atoms with Crippen LogP contribution in [0.3, 0.4) is 0 Å². The molecular weight excluding hydrogens is 228 g/mol. The number of nitrogens with zero attached hydrogens (tertiary/aromatic N) is 4. The molecular formula is C12H16N6. The summed E-state index contributed by atoms with van der Waals surface area (Å²) in [6.07, 6.45) is 2.44. The maximum Gasteiger partial charge on any atom is 0.263 e. The van der Waals surface area contributed by atoms with Crippen LogP contribution in [-0.4, -0.2) is 21.1 Å². The van der Waals surface area contributed by atoms with Gasteiger partial charge >= 0.3 is 0 Å². The zero-order valence-corrected chi connectivity index (χ0v) is 10.5. The highest BCUT2D eigenvalue weighted by Gasteiger charge is 2.05. The Morgan fingerprint density at radius 3 is 2.67 bits per heavy atom. The van der Waals surface area contributed by atoms with Crippen LogP contribution in [0.4, 0.5) is 5.95 Å². The molecule has 0 amide bonds. The van der Waals surface area contributed by atoms with Crippen LogP contribution in [-0.2, 0) is 6.42 Å². The lowest BCUT2D eigenvalue weighted by Crippen LogP contribution is -2.14. The molecule has 2 rings (SSSR count). The zero-order chi connectivity index (χ0) is 13.0. The smallest absolute Gasteiger partial charge is 0.263 e. The first-order chi connectivity index (χ1) is 8.70. The van der Waals surface area contributed by atoms with Gasteiger partial charge in [0.2, 0.25) is 0 Å². The fourth-order valence-electron chi connectivity index (χ4n) is 1.46. The number of benzene rings is 1. The molecule has 0 bridgehead atoms. The second-order valence-electron chi connectivity index (χ2n) is 3.94. The van der Waals surface area contributed by atoms with Crippen molar-refractivity contribution in [1.29, 1.82) is 0 Å². The lowest BCUT2D eigenvalue weighted by atomic mass is 10.2. The Bertz CT molecular complexity index is 540. The van der Waals surface area contributed by atoms with Gasteiger partial charge in [-0.1, -0.05) is 36.8 Å². The summed E-state index contributed by atoms with van der Waals surface area (Å²) in [4.78, 5) is 0. The van der Waals surface area contributed by atoms with Crippen LogP contribution >= 0.6 is 0 Å². The van der Waals surface area contributed by atoms with Crippen molar-refractivity contribution in [3.8, 4) is 0 Å². The highest BCUT2D eigenvalue weighted by atomic mass is 15.5. The molecule has 0 aliphatic carbocycles. The third-order valence-electron chi connectivity index (χ3n) is 2.54. The van der Waals surface area contributed by atoms with Gasteiger partial charge in [0.1, 0.15) is 0 Å². The van der Waals surface area contributed by atoms with E-state index in [0.29, 0.717) is 11.8 Å². The summed E-state index contributed by atoms with van der Waals surface area (Å²) in [5.74, 6) is 6.91. The van der Waals surface area contributed by atoms with Gasteiger partial charge in [-0.2, -0.15) is 5.10 Å². The highest BCUT2D eigenvalue weighted by molar-refractivity contribution is 5.80. The Morgan fingerprint density at radius 1 is 1.33 bits per heavy atom. The van der Waals surface area contributed by atoms with Gasteiger partial charge in [0.15, 0.2) is 5.82 Å². The molecule has 0 spiro atoms. The van der Waals surface area contributed by atoms with Crippen LogP contribution in [0.25, 0.3) is 0 Å². The monoisotopic (exact) mass is 244 g/mol. The first-order valence-electron chi connectivity index (χ1n) is 5.76. The lowest BCUT2D eigenvalue weighted by molar-refractivity contribution is 0.855. The van der Waals surface area contributed by atoms with Crippen molar-refractivity contribution in [2.75, 3.05) is 11.3 Å². The summed E-state index contributed by atoms with van der Waals surface area (Å²) in [6.45, 7) is 4.01. The summed E-state index contributed by atoms with van der Waals surface area (Å²) in [7, 11) is 0. The lowest BCUT2D eigenvalue weighted by Gasteiger charge is -2.00. The van der Waals surface area contributed by atoms with E-state index in [1.807, 2.05) is 38.1 Å². The Morgan fingerprint density at radius 2 is 2.06 bits per heavy atom. The average molecular weight is 244 g/mol.